The van der Waals surface area contributed by atoms with Gasteiger partial charge < -0.3 is 11.1 Å². The minimum atomic E-state index is 0.0248. The van der Waals surface area contributed by atoms with E-state index in [1.165, 1.54) is 0 Å². The topological polar surface area (TPSA) is 71.2 Å². The second-order valence-electron chi connectivity index (χ2n) is 4.45. The molecule has 0 aliphatic carbocycles. The van der Waals surface area contributed by atoms with Crippen molar-refractivity contribution in [1.29, 1.82) is 0 Å². The van der Waals surface area contributed by atoms with Crippen LogP contribution in [0.2, 0.25) is 0 Å². The number of pyridine rings is 1. The molecule has 5 heteroatoms. The van der Waals surface area contributed by atoms with Crippen molar-refractivity contribution in [1.82, 2.24) is 15.2 Å². The molecule has 1 aromatic heterocycles. The van der Waals surface area contributed by atoms with Crippen molar-refractivity contribution in [3.8, 4) is 0 Å². The number of aromatic nitrogens is 1. The highest BCUT2D eigenvalue weighted by molar-refractivity contribution is 5.81. The largest absolute Gasteiger partial charge is 0.384 e. The fraction of sp³-hybridized carbons (Fsp3) is 0.500. The van der Waals surface area contributed by atoms with E-state index in [0.29, 0.717) is 12.4 Å². The molecule has 0 aromatic carbocycles. The van der Waals surface area contributed by atoms with Gasteiger partial charge in [-0.15, -0.1) is 0 Å². The van der Waals surface area contributed by atoms with Gasteiger partial charge in [0.15, 0.2) is 0 Å². The van der Waals surface area contributed by atoms with E-state index >= 15 is 0 Å². The molecule has 0 unspecified atom stereocenters. The zero-order valence-corrected chi connectivity index (χ0v) is 10.0. The smallest absolute Gasteiger partial charge is 0.237 e. The van der Waals surface area contributed by atoms with E-state index in [-0.39, 0.29) is 11.9 Å². The number of likely N-dealkylation sites (tertiary alicyclic amines) is 1. The highest BCUT2D eigenvalue weighted by Gasteiger charge is 2.27. The number of amides is 1. The first-order valence-corrected chi connectivity index (χ1v) is 5.85. The molecule has 2 heterocycles. The summed E-state index contributed by atoms with van der Waals surface area (Å²) in [4.78, 5) is 18.0. The van der Waals surface area contributed by atoms with E-state index in [1.54, 1.807) is 12.3 Å². The monoisotopic (exact) mass is 234 g/mol. The second kappa shape index (κ2) is 5.14. The molecule has 17 heavy (non-hydrogen) atoms. The van der Waals surface area contributed by atoms with Gasteiger partial charge in [-0.3, -0.25) is 9.69 Å². The molecular weight excluding hydrogens is 216 g/mol. The Morgan fingerprint density at radius 3 is 3.06 bits per heavy atom. The average Bonchev–Trinajstić information content (AvgIpc) is 2.74. The van der Waals surface area contributed by atoms with Gasteiger partial charge >= 0.3 is 0 Å². The third-order valence-corrected chi connectivity index (χ3v) is 3.14. The number of hydrogen-bond acceptors (Lipinski definition) is 4. The lowest BCUT2D eigenvalue weighted by atomic mass is 10.2. The standard InChI is InChI=1S/C12H18N4O/c1-16-6-2-3-10(16)12(17)15-8-9-4-5-11(13)14-7-9/h4-5,7,10H,2-3,6,8H2,1H3,(H2,13,14)(H,15,17)/t10-/m0/s1. The third-order valence-electron chi connectivity index (χ3n) is 3.14. The Morgan fingerprint density at radius 1 is 1.65 bits per heavy atom. The molecule has 3 N–H and O–H groups in total. The number of hydrogen-bond donors (Lipinski definition) is 2. The summed E-state index contributed by atoms with van der Waals surface area (Å²) in [5.41, 5.74) is 6.46. The number of nitrogens with one attached hydrogen (secondary N) is 1. The summed E-state index contributed by atoms with van der Waals surface area (Å²) in [6.45, 7) is 1.51. The summed E-state index contributed by atoms with van der Waals surface area (Å²) in [7, 11) is 1.99. The molecule has 1 aromatic rings. The van der Waals surface area contributed by atoms with E-state index in [1.807, 2.05) is 13.1 Å². The highest BCUT2D eigenvalue weighted by Crippen LogP contribution is 2.14. The number of likely N-dealkylation sites (N-methyl/N-ethyl adjacent to an activating group) is 1. The van der Waals surface area contributed by atoms with Crippen LogP contribution in [0.5, 0.6) is 0 Å². The van der Waals surface area contributed by atoms with Crippen molar-refractivity contribution >= 4 is 11.7 Å². The maximum absolute atomic E-state index is 11.9. The summed E-state index contributed by atoms with van der Waals surface area (Å²) in [6, 6.07) is 3.64. The Balaban J connectivity index is 1.85. The van der Waals surface area contributed by atoms with E-state index in [9.17, 15) is 4.79 Å². The molecule has 1 atom stereocenters. The van der Waals surface area contributed by atoms with E-state index in [0.717, 1.165) is 24.9 Å². The maximum Gasteiger partial charge on any atom is 0.237 e. The quantitative estimate of drug-likeness (QED) is 0.793. The number of nitrogens with zero attached hydrogens (tertiary/aromatic N) is 2. The zero-order chi connectivity index (χ0) is 12.3. The molecule has 2 rings (SSSR count). The van der Waals surface area contributed by atoms with Crippen molar-refractivity contribution in [2.45, 2.75) is 25.4 Å². The molecule has 1 aliphatic rings. The first kappa shape index (κ1) is 11.9. The molecular formula is C12H18N4O. The van der Waals surface area contributed by atoms with E-state index < -0.39 is 0 Å². The molecule has 1 aliphatic heterocycles. The van der Waals surface area contributed by atoms with Gasteiger partial charge in [-0.05, 0) is 38.1 Å². The fourth-order valence-electron chi connectivity index (χ4n) is 2.09. The van der Waals surface area contributed by atoms with Crippen LogP contribution in [0.25, 0.3) is 0 Å². The summed E-state index contributed by atoms with van der Waals surface area (Å²) < 4.78 is 0. The molecule has 92 valence electrons. The summed E-state index contributed by atoms with van der Waals surface area (Å²) in [6.07, 6.45) is 3.73. The van der Waals surface area contributed by atoms with Crippen molar-refractivity contribution in [2.75, 3.05) is 19.3 Å². The maximum atomic E-state index is 11.9. The van der Waals surface area contributed by atoms with Crippen LogP contribution in [0.4, 0.5) is 5.82 Å². The Bertz CT molecular complexity index is 390. The Labute approximate surface area is 101 Å². The molecule has 0 spiro atoms. The highest BCUT2D eigenvalue weighted by atomic mass is 16.2. The first-order chi connectivity index (χ1) is 8.16. The molecule has 0 bridgehead atoms. The van der Waals surface area contributed by atoms with Gasteiger partial charge in [-0.25, -0.2) is 4.98 Å². The van der Waals surface area contributed by atoms with Crippen LogP contribution in [0.1, 0.15) is 18.4 Å². The minimum absolute atomic E-state index is 0.0248. The molecule has 5 nitrogen and oxygen atoms in total. The summed E-state index contributed by atoms with van der Waals surface area (Å²) in [5.74, 6) is 0.595. The number of carbonyl (C=O) groups is 1. The number of carbonyl (C=O) groups excluding carboxylic acids is 1. The average molecular weight is 234 g/mol. The first-order valence-electron chi connectivity index (χ1n) is 5.85. The van der Waals surface area contributed by atoms with E-state index in [2.05, 4.69) is 15.2 Å². The number of anilines is 1. The van der Waals surface area contributed by atoms with E-state index in [4.69, 9.17) is 5.73 Å². The fourth-order valence-corrected chi connectivity index (χ4v) is 2.09. The van der Waals surface area contributed by atoms with Crippen molar-refractivity contribution in [2.24, 2.45) is 0 Å². The third kappa shape index (κ3) is 2.94. The van der Waals surface area contributed by atoms with Gasteiger partial charge in [0.1, 0.15) is 5.82 Å². The van der Waals surface area contributed by atoms with Crippen LogP contribution in [0, 0.1) is 0 Å². The van der Waals surface area contributed by atoms with Gasteiger partial charge in [0.2, 0.25) is 5.91 Å². The van der Waals surface area contributed by atoms with Crippen LogP contribution < -0.4 is 11.1 Å². The predicted molar refractivity (Wildman–Crippen MR) is 66.1 cm³/mol. The normalized spacial score (nSPS) is 20.4. The predicted octanol–water partition coefficient (Wildman–Crippen LogP) is 0.374. The van der Waals surface area contributed by atoms with Crippen LogP contribution in [-0.4, -0.2) is 35.4 Å². The number of nitrogens with two attached hydrogens (primary N) is 1. The summed E-state index contributed by atoms with van der Waals surface area (Å²) >= 11 is 0. The second-order valence-corrected chi connectivity index (χ2v) is 4.45. The van der Waals surface area contributed by atoms with Crippen LogP contribution in [0.3, 0.4) is 0 Å². The molecule has 0 radical (unpaired) electrons. The van der Waals surface area contributed by atoms with Crippen molar-refractivity contribution in [3.05, 3.63) is 23.9 Å². The van der Waals surface area contributed by atoms with Gasteiger partial charge in [0.05, 0.1) is 6.04 Å². The summed E-state index contributed by atoms with van der Waals surface area (Å²) in [5, 5.41) is 2.93. The van der Waals surface area contributed by atoms with Gasteiger partial charge in [-0.1, -0.05) is 6.07 Å². The Morgan fingerprint density at radius 2 is 2.47 bits per heavy atom. The van der Waals surface area contributed by atoms with Crippen molar-refractivity contribution < 1.29 is 4.79 Å². The van der Waals surface area contributed by atoms with Gasteiger partial charge in [0.25, 0.3) is 0 Å². The van der Waals surface area contributed by atoms with Crippen LogP contribution in [-0.2, 0) is 11.3 Å². The van der Waals surface area contributed by atoms with Gasteiger partial charge in [0, 0.05) is 12.7 Å². The number of nitrogen functional groups attached to an aromatic ring is 1. The molecule has 0 saturated carbocycles. The molecule has 1 fully saturated rings. The Hall–Kier alpha value is -1.62. The van der Waals surface area contributed by atoms with Crippen LogP contribution >= 0.6 is 0 Å². The SMILES string of the molecule is CN1CCC[C@H]1C(=O)NCc1ccc(N)nc1. The lowest BCUT2D eigenvalue weighted by molar-refractivity contribution is -0.125. The van der Waals surface area contributed by atoms with Crippen molar-refractivity contribution in [3.63, 3.8) is 0 Å². The molecule has 1 saturated heterocycles. The molecule has 1 amide bonds. The lowest BCUT2D eigenvalue weighted by Crippen LogP contribution is -2.41. The lowest BCUT2D eigenvalue weighted by Gasteiger charge is -2.18. The number of rotatable bonds is 3. The van der Waals surface area contributed by atoms with Gasteiger partial charge in [-0.2, -0.15) is 0 Å². The zero-order valence-electron chi connectivity index (χ0n) is 10.0. The minimum Gasteiger partial charge on any atom is -0.384 e. The van der Waals surface area contributed by atoms with Crippen LogP contribution in [0.15, 0.2) is 18.3 Å². The Kier molecular flexibility index (Phi) is 3.58.